The van der Waals surface area contributed by atoms with E-state index in [1.54, 1.807) is 18.4 Å². The topological polar surface area (TPSA) is 70.6 Å². The fourth-order valence-electron chi connectivity index (χ4n) is 1.32. The largest absolute Gasteiger partial charge is 0.394 e. The molecule has 0 bridgehead atoms. The lowest BCUT2D eigenvalue weighted by Gasteiger charge is -2.16. The van der Waals surface area contributed by atoms with E-state index in [4.69, 9.17) is 9.84 Å². The quantitative estimate of drug-likeness (QED) is 0.709. The molecular formula is C11H17BrN2O3S. The van der Waals surface area contributed by atoms with Crippen molar-refractivity contribution < 1.29 is 14.6 Å². The Morgan fingerprint density at radius 2 is 2.39 bits per heavy atom. The number of nitrogens with one attached hydrogen (secondary N) is 2. The molecular weight excluding hydrogens is 320 g/mol. The second kappa shape index (κ2) is 8.47. The van der Waals surface area contributed by atoms with E-state index in [-0.39, 0.29) is 18.7 Å². The van der Waals surface area contributed by atoms with Crippen LogP contribution in [-0.4, -0.2) is 37.5 Å². The fourth-order valence-corrected chi connectivity index (χ4v) is 2.74. The minimum Gasteiger partial charge on any atom is -0.394 e. The van der Waals surface area contributed by atoms with Gasteiger partial charge in [0.2, 0.25) is 0 Å². The molecule has 18 heavy (non-hydrogen) atoms. The molecule has 0 aliphatic heterocycles. The van der Waals surface area contributed by atoms with E-state index >= 15 is 0 Å². The first-order valence-electron chi connectivity index (χ1n) is 5.54. The number of thiophene rings is 1. The molecule has 1 atom stereocenters. The molecule has 5 nitrogen and oxygen atoms in total. The number of ether oxygens (including phenoxy) is 1. The van der Waals surface area contributed by atoms with E-state index in [9.17, 15) is 4.79 Å². The summed E-state index contributed by atoms with van der Waals surface area (Å²) in [6.07, 6.45) is 0.588. The summed E-state index contributed by atoms with van der Waals surface area (Å²) in [7, 11) is 1.59. The van der Waals surface area contributed by atoms with E-state index < -0.39 is 0 Å². The highest BCUT2D eigenvalue weighted by atomic mass is 79.9. The molecule has 0 fully saturated rings. The number of amides is 2. The standard InChI is InChI=1S/C11H17BrN2O3S/c1-17-5-4-8(7-15)14-11(16)13-6-9-2-3-10(12)18-9/h2-3,8,15H,4-7H2,1H3,(H2,13,14,16). The Morgan fingerprint density at radius 1 is 1.61 bits per heavy atom. The number of hydrogen-bond acceptors (Lipinski definition) is 4. The molecule has 1 aromatic heterocycles. The summed E-state index contributed by atoms with van der Waals surface area (Å²) >= 11 is 4.94. The fraction of sp³-hybridized carbons (Fsp3) is 0.545. The molecule has 1 heterocycles. The van der Waals surface area contributed by atoms with Gasteiger partial charge in [0.05, 0.1) is 23.0 Å². The van der Waals surface area contributed by atoms with Gasteiger partial charge in [0.25, 0.3) is 0 Å². The zero-order valence-corrected chi connectivity index (χ0v) is 12.5. The predicted octanol–water partition coefficient (Wildman–Crippen LogP) is 1.71. The van der Waals surface area contributed by atoms with Crippen molar-refractivity contribution >= 4 is 33.3 Å². The number of halogens is 1. The first-order chi connectivity index (χ1) is 8.65. The number of aliphatic hydroxyl groups excluding tert-OH is 1. The SMILES string of the molecule is COCCC(CO)NC(=O)NCc1ccc(Br)s1. The van der Waals surface area contributed by atoms with Crippen LogP contribution in [0.4, 0.5) is 4.79 Å². The summed E-state index contributed by atoms with van der Waals surface area (Å²) in [6, 6.07) is 3.33. The van der Waals surface area contributed by atoms with Crippen molar-refractivity contribution in [1.82, 2.24) is 10.6 Å². The third kappa shape index (κ3) is 5.81. The van der Waals surface area contributed by atoms with Gasteiger partial charge >= 0.3 is 6.03 Å². The van der Waals surface area contributed by atoms with Gasteiger partial charge < -0.3 is 20.5 Å². The molecule has 0 aliphatic carbocycles. The molecule has 3 N–H and O–H groups in total. The normalized spacial score (nSPS) is 12.2. The van der Waals surface area contributed by atoms with Gasteiger partial charge in [-0.3, -0.25) is 0 Å². The summed E-state index contributed by atoms with van der Waals surface area (Å²) in [5.41, 5.74) is 0. The minimum absolute atomic E-state index is 0.0959. The monoisotopic (exact) mass is 336 g/mol. The van der Waals surface area contributed by atoms with Crippen LogP contribution in [0.2, 0.25) is 0 Å². The summed E-state index contributed by atoms with van der Waals surface area (Å²) in [5, 5.41) is 14.5. The number of carbonyl (C=O) groups is 1. The Hall–Kier alpha value is -0.630. The number of carbonyl (C=O) groups excluding carboxylic acids is 1. The van der Waals surface area contributed by atoms with Crippen molar-refractivity contribution in [3.63, 3.8) is 0 Å². The third-order valence-corrected chi connectivity index (χ3v) is 3.90. The van der Waals surface area contributed by atoms with Crippen molar-refractivity contribution in [2.45, 2.75) is 19.0 Å². The van der Waals surface area contributed by atoms with Crippen molar-refractivity contribution in [2.75, 3.05) is 20.3 Å². The highest BCUT2D eigenvalue weighted by molar-refractivity contribution is 9.11. The second-order valence-corrected chi connectivity index (χ2v) is 6.24. The Labute approximate surface area is 119 Å². The molecule has 1 rings (SSSR count). The Bertz CT molecular complexity index is 373. The van der Waals surface area contributed by atoms with Gasteiger partial charge in [-0.25, -0.2) is 4.79 Å². The minimum atomic E-state index is -0.283. The number of methoxy groups -OCH3 is 1. The maximum atomic E-state index is 11.6. The van der Waals surface area contributed by atoms with Crippen LogP contribution in [0.5, 0.6) is 0 Å². The predicted molar refractivity (Wildman–Crippen MR) is 74.8 cm³/mol. The van der Waals surface area contributed by atoms with Gasteiger partial charge in [-0.2, -0.15) is 0 Å². The molecule has 102 valence electrons. The lowest BCUT2D eigenvalue weighted by atomic mass is 10.2. The molecule has 0 aromatic carbocycles. The molecule has 0 saturated heterocycles. The molecule has 0 saturated carbocycles. The van der Waals surface area contributed by atoms with Crippen LogP contribution in [0.15, 0.2) is 15.9 Å². The Kier molecular flexibility index (Phi) is 7.26. The molecule has 0 spiro atoms. The summed E-state index contributed by atoms with van der Waals surface area (Å²) in [5.74, 6) is 0. The van der Waals surface area contributed by atoms with E-state index in [0.29, 0.717) is 19.6 Å². The maximum absolute atomic E-state index is 11.6. The van der Waals surface area contributed by atoms with Crippen LogP contribution in [-0.2, 0) is 11.3 Å². The molecule has 1 aromatic rings. The smallest absolute Gasteiger partial charge is 0.315 e. The van der Waals surface area contributed by atoms with Gasteiger partial charge in [-0.1, -0.05) is 0 Å². The van der Waals surface area contributed by atoms with Crippen molar-refractivity contribution in [1.29, 1.82) is 0 Å². The van der Waals surface area contributed by atoms with Crippen molar-refractivity contribution in [2.24, 2.45) is 0 Å². The second-order valence-electron chi connectivity index (χ2n) is 3.69. The highest BCUT2D eigenvalue weighted by Crippen LogP contribution is 2.21. The van der Waals surface area contributed by atoms with Crippen LogP contribution in [0, 0.1) is 0 Å². The van der Waals surface area contributed by atoms with Crippen LogP contribution in [0.1, 0.15) is 11.3 Å². The van der Waals surface area contributed by atoms with Crippen molar-refractivity contribution in [3.8, 4) is 0 Å². The van der Waals surface area contributed by atoms with Crippen molar-refractivity contribution in [3.05, 3.63) is 20.8 Å². The molecule has 1 unspecified atom stereocenters. The molecule has 0 aliphatic rings. The van der Waals surface area contributed by atoms with Gasteiger partial charge in [0.1, 0.15) is 0 Å². The van der Waals surface area contributed by atoms with Crippen LogP contribution < -0.4 is 10.6 Å². The molecule has 0 radical (unpaired) electrons. The Balaban J connectivity index is 2.27. The molecule has 2 amide bonds. The Morgan fingerprint density at radius 3 is 2.94 bits per heavy atom. The van der Waals surface area contributed by atoms with E-state index in [1.165, 1.54) is 0 Å². The number of aliphatic hydroxyl groups is 1. The summed E-state index contributed by atoms with van der Waals surface area (Å²) < 4.78 is 5.94. The van der Waals surface area contributed by atoms with Gasteiger partial charge in [-0.05, 0) is 34.5 Å². The van der Waals surface area contributed by atoms with Gasteiger partial charge in [-0.15, -0.1) is 11.3 Å². The van der Waals surface area contributed by atoms with Gasteiger partial charge in [0, 0.05) is 18.6 Å². The average Bonchev–Trinajstić information content (AvgIpc) is 2.78. The number of urea groups is 1. The first kappa shape index (κ1) is 15.4. The first-order valence-corrected chi connectivity index (χ1v) is 7.15. The zero-order valence-electron chi connectivity index (χ0n) is 10.1. The average molecular weight is 337 g/mol. The van der Waals surface area contributed by atoms with E-state index in [1.807, 2.05) is 12.1 Å². The van der Waals surface area contributed by atoms with E-state index in [2.05, 4.69) is 26.6 Å². The summed E-state index contributed by atoms with van der Waals surface area (Å²) in [4.78, 5) is 12.6. The lowest BCUT2D eigenvalue weighted by molar-refractivity contribution is 0.159. The zero-order chi connectivity index (χ0) is 13.4. The van der Waals surface area contributed by atoms with Crippen LogP contribution >= 0.6 is 27.3 Å². The maximum Gasteiger partial charge on any atom is 0.315 e. The highest BCUT2D eigenvalue weighted by Gasteiger charge is 2.10. The van der Waals surface area contributed by atoms with Crippen LogP contribution in [0.3, 0.4) is 0 Å². The number of rotatable bonds is 7. The molecule has 7 heteroatoms. The van der Waals surface area contributed by atoms with Crippen LogP contribution in [0.25, 0.3) is 0 Å². The summed E-state index contributed by atoms with van der Waals surface area (Å²) in [6.45, 7) is 0.884. The third-order valence-electron chi connectivity index (χ3n) is 2.28. The van der Waals surface area contributed by atoms with E-state index in [0.717, 1.165) is 8.66 Å². The number of hydrogen-bond donors (Lipinski definition) is 3. The lowest BCUT2D eigenvalue weighted by Crippen LogP contribution is -2.43. The van der Waals surface area contributed by atoms with Gasteiger partial charge in [0.15, 0.2) is 0 Å².